The van der Waals surface area contributed by atoms with Crippen molar-refractivity contribution in [3.8, 4) is 0 Å². The van der Waals surface area contributed by atoms with Crippen molar-refractivity contribution in [2.75, 3.05) is 41.0 Å². The number of hydrogen-bond acceptors (Lipinski definition) is 4. The van der Waals surface area contributed by atoms with Gasteiger partial charge in [0, 0.05) is 39.5 Å². The van der Waals surface area contributed by atoms with Crippen LogP contribution in [0.5, 0.6) is 0 Å². The van der Waals surface area contributed by atoms with Crippen LogP contribution in [0.3, 0.4) is 0 Å². The third kappa shape index (κ3) is 7.73. The minimum Gasteiger partial charge on any atom is -0.385 e. The Bertz CT molecular complexity index is 145. The van der Waals surface area contributed by atoms with E-state index in [2.05, 4.69) is 18.9 Å². The molecule has 0 aliphatic heterocycles. The summed E-state index contributed by atoms with van der Waals surface area (Å²) in [6, 6.07) is 0.646. The number of ether oxygens (including phenoxy) is 2. The fourth-order valence-electron chi connectivity index (χ4n) is 1.50. The molecule has 0 spiro atoms. The normalized spacial score (nSPS) is 15.6. The molecule has 0 aromatic carbocycles. The maximum Gasteiger partial charge on any atom is 0.0615 e. The van der Waals surface area contributed by atoms with Crippen LogP contribution in [-0.4, -0.2) is 58.0 Å². The first-order valence-electron chi connectivity index (χ1n) is 5.55. The molecule has 2 N–H and O–H groups in total. The molecular formula is C11H26N2O2. The van der Waals surface area contributed by atoms with Crippen LogP contribution in [0, 0.1) is 0 Å². The van der Waals surface area contributed by atoms with E-state index in [0.717, 1.165) is 32.6 Å². The fourth-order valence-corrected chi connectivity index (χ4v) is 1.50. The van der Waals surface area contributed by atoms with Crippen LogP contribution < -0.4 is 5.73 Å². The van der Waals surface area contributed by atoms with Gasteiger partial charge in [0.15, 0.2) is 0 Å². The first kappa shape index (κ1) is 14.8. The van der Waals surface area contributed by atoms with E-state index in [1.54, 1.807) is 14.2 Å². The van der Waals surface area contributed by atoms with Crippen molar-refractivity contribution in [3.05, 3.63) is 0 Å². The lowest BCUT2D eigenvalue weighted by Crippen LogP contribution is -2.41. The van der Waals surface area contributed by atoms with Gasteiger partial charge in [-0.25, -0.2) is 0 Å². The first-order valence-corrected chi connectivity index (χ1v) is 5.55. The van der Waals surface area contributed by atoms with E-state index < -0.39 is 0 Å². The molecular weight excluding hydrogens is 192 g/mol. The molecule has 4 nitrogen and oxygen atoms in total. The second-order valence-electron chi connectivity index (χ2n) is 4.14. The lowest BCUT2D eigenvalue weighted by atomic mass is 10.1. The molecule has 0 aromatic rings. The Labute approximate surface area is 93.7 Å². The van der Waals surface area contributed by atoms with Gasteiger partial charge < -0.3 is 15.2 Å². The Kier molecular flexibility index (Phi) is 9.00. The Hall–Kier alpha value is -0.160. The maximum atomic E-state index is 6.01. The van der Waals surface area contributed by atoms with E-state index in [4.69, 9.17) is 15.2 Å². The standard InChI is InChI=1S/C11H26N2O2/c1-10(9-15-4)13(2)8-11(12)6-5-7-14-3/h10-11H,5-9,12H2,1-4H3. The molecule has 2 unspecified atom stereocenters. The summed E-state index contributed by atoms with van der Waals surface area (Å²) in [6.45, 7) is 4.60. The molecule has 4 heteroatoms. The molecule has 0 heterocycles. The van der Waals surface area contributed by atoms with Crippen LogP contribution in [0.1, 0.15) is 19.8 Å². The molecule has 0 bridgehead atoms. The maximum absolute atomic E-state index is 6.01. The van der Waals surface area contributed by atoms with Crippen molar-refractivity contribution in [1.82, 2.24) is 4.90 Å². The lowest BCUT2D eigenvalue weighted by molar-refractivity contribution is 0.110. The largest absolute Gasteiger partial charge is 0.385 e. The zero-order chi connectivity index (χ0) is 11.7. The van der Waals surface area contributed by atoms with Crippen LogP contribution in [0.15, 0.2) is 0 Å². The molecule has 0 radical (unpaired) electrons. The van der Waals surface area contributed by atoms with Crippen LogP contribution in [-0.2, 0) is 9.47 Å². The third-order valence-corrected chi connectivity index (χ3v) is 2.61. The fraction of sp³-hybridized carbons (Fsp3) is 1.00. The zero-order valence-corrected chi connectivity index (χ0v) is 10.5. The number of rotatable bonds is 9. The molecule has 0 saturated carbocycles. The molecule has 0 amide bonds. The van der Waals surface area contributed by atoms with Gasteiger partial charge in [-0.1, -0.05) is 0 Å². The zero-order valence-electron chi connectivity index (χ0n) is 10.5. The molecule has 15 heavy (non-hydrogen) atoms. The summed E-state index contributed by atoms with van der Waals surface area (Å²) in [5.74, 6) is 0. The number of methoxy groups -OCH3 is 2. The lowest BCUT2D eigenvalue weighted by Gasteiger charge is -2.26. The summed E-state index contributed by atoms with van der Waals surface area (Å²) >= 11 is 0. The van der Waals surface area contributed by atoms with E-state index in [0.29, 0.717) is 6.04 Å². The van der Waals surface area contributed by atoms with Crippen molar-refractivity contribution < 1.29 is 9.47 Å². The van der Waals surface area contributed by atoms with E-state index >= 15 is 0 Å². The molecule has 2 atom stereocenters. The highest BCUT2D eigenvalue weighted by Crippen LogP contribution is 2.01. The van der Waals surface area contributed by atoms with E-state index in [1.807, 2.05) is 0 Å². The highest BCUT2D eigenvalue weighted by Gasteiger charge is 2.12. The summed E-state index contributed by atoms with van der Waals surface area (Å²) in [7, 11) is 5.53. The van der Waals surface area contributed by atoms with Crippen LogP contribution in [0.25, 0.3) is 0 Å². The molecule has 0 rings (SSSR count). The van der Waals surface area contributed by atoms with Crippen molar-refractivity contribution in [3.63, 3.8) is 0 Å². The molecule has 0 saturated heterocycles. The highest BCUT2D eigenvalue weighted by atomic mass is 16.5. The number of likely N-dealkylation sites (N-methyl/N-ethyl adjacent to an activating group) is 1. The smallest absolute Gasteiger partial charge is 0.0615 e. The van der Waals surface area contributed by atoms with Gasteiger partial charge in [0.05, 0.1) is 6.61 Å². The van der Waals surface area contributed by atoms with E-state index in [-0.39, 0.29) is 6.04 Å². The van der Waals surface area contributed by atoms with Gasteiger partial charge in [-0.2, -0.15) is 0 Å². The highest BCUT2D eigenvalue weighted by molar-refractivity contribution is 4.70. The average Bonchev–Trinajstić information content (AvgIpc) is 2.18. The van der Waals surface area contributed by atoms with Crippen molar-refractivity contribution in [2.24, 2.45) is 5.73 Å². The van der Waals surface area contributed by atoms with E-state index in [9.17, 15) is 0 Å². The summed E-state index contributed by atoms with van der Waals surface area (Å²) in [5, 5.41) is 0. The molecule has 0 fully saturated rings. The molecule has 0 aliphatic rings. The molecule has 92 valence electrons. The van der Waals surface area contributed by atoms with Gasteiger partial charge in [-0.3, -0.25) is 4.90 Å². The van der Waals surface area contributed by atoms with Crippen LogP contribution >= 0.6 is 0 Å². The quantitative estimate of drug-likeness (QED) is 0.579. The Morgan fingerprint density at radius 2 is 1.93 bits per heavy atom. The summed E-state index contributed by atoms with van der Waals surface area (Å²) in [6.07, 6.45) is 2.04. The Balaban J connectivity index is 3.60. The first-order chi connectivity index (χ1) is 7.11. The second-order valence-corrected chi connectivity index (χ2v) is 4.14. The monoisotopic (exact) mass is 218 g/mol. The van der Waals surface area contributed by atoms with Gasteiger partial charge in [0.25, 0.3) is 0 Å². The molecule has 0 aromatic heterocycles. The number of nitrogens with two attached hydrogens (primary N) is 1. The summed E-state index contributed by atoms with van der Waals surface area (Å²) in [4.78, 5) is 2.24. The number of hydrogen-bond donors (Lipinski definition) is 1. The predicted molar refractivity (Wildman–Crippen MR) is 63.1 cm³/mol. The number of nitrogens with zero attached hydrogens (tertiary/aromatic N) is 1. The summed E-state index contributed by atoms with van der Waals surface area (Å²) < 4.78 is 10.1. The van der Waals surface area contributed by atoms with Gasteiger partial charge in [-0.05, 0) is 26.8 Å². The van der Waals surface area contributed by atoms with Crippen molar-refractivity contribution in [1.29, 1.82) is 0 Å². The van der Waals surface area contributed by atoms with Crippen LogP contribution in [0.2, 0.25) is 0 Å². The third-order valence-electron chi connectivity index (χ3n) is 2.61. The average molecular weight is 218 g/mol. The Morgan fingerprint density at radius 1 is 1.27 bits per heavy atom. The van der Waals surface area contributed by atoms with Crippen molar-refractivity contribution in [2.45, 2.75) is 31.8 Å². The minimum atomic E-state index is 0.226. The van der Waals surface area contributed by atoms with Gasteiger partial charge in [-0.15, -0.1) is 0 Å². The van der Waals surface area contributed by atoms with Gasteiger partial charge in [0.2, 0.25) is 0 Å². The Morgan fingerprint density at radius 3 is 2.47 bits per heavy atom. The molecule has 0 aliphatic carbocycles. The van der Waals surface area contributed by atoms with Gasteiger partial charge >= 0.3 is 0 Å². The summed E-state index contributed by atoms with van der Waals surface area (Å²) in [5.41, 5.74) is 6.01. The van der Waals surface area contributed by atoms with Crippen molar-refractivity contribution >= 4 is 0 Å². The SMILES string of the molecule is COCCCC(N)CN(C)C(C)COC. The van der Waals surface area contributed by atoms with Crippen LogP contribution in [0.4, 0.5) is 0 Å². The topological polar surface area (TPSA) is 47.7 Å². The predicted octanol–water partition coefficient (Wildman–Crippen LogP) is 0.707. The van der Waals surface area contributed by atoms with E-state index in [1.165, 1.54) is 0 Å². The minimum absolute atomic E-state index is 0.226. The second kappa shape index (κ2) is 9.09. The van der Waals surface area contributed by atoms with Gasteiger partial charge in [0.1, 0.15) is 0 Å².